The fourth-order valence-electron chi connectivity index (χ4n) is 4.64. The summed E-state index contributed by atoms with van der Waals surface area (Å²) in [6.07, 6.45) is 4.04. The molecule has 0 aromatic heterocycles. The molecule has 5 nitrogen and oxygen atoms in total. The minimum Gasteiger partial charge on any atom is -0.341 e. The molecule has 1 atom stereocenters. The van der Waals surface area contributed by atoms with Crippen molar-refractivity contribution in [3.8, 4) is 0 Å². The maximum Gasteiger partial charge on any atom is 0.239 e. The summed E-state index contributed by atoms with van der Waals surface area (Å²) in [7, 11) is 0. The Hall–Kier alpha value is -1.73. The van der Waals surface area contributed by atoms with Gasteiger partial charge in [0.05, 0.1) is 6.04 Å². The average Bonchev–Trinajstić information content (AvgIpc) is 3.28. The highest BCUT2D eigenvalue weighted by molar-refractivity contribution is 5.85. The van der Waals surface area contributed by atoms with E-state index in [0.717, 1.165) is 44.4 Å². The van der Waals surface area contributed by atoms with E-state index in [0.29, 0.717) is 38.2 Å². The molecule has 0 unspecified atom stereocenters. The van der Waals surface area contributed by atoms with Crippen molar-refractivity contribution in [3.05, 3.63) is 35.4 Å². The number of carbonyl (C=O) groups is 2. The van der Waals surface area contributed by atoms with Crippen molar-refractivity contribution in [1.29, 1.82) is 0 Å². The third kappa shape index (κ3) is 4.15. The standard InChI is InChI=1S/C20H25F2N3O2.ClH/c21-15-4-3-14(10-16(15)22)12-25-13-20(11-18(25)26)5-8-24(9-6-20)19(27)17-2-1-7-23-17;/h3-4,10,17,23H,1-2,5-9,11-13H2;1H/t17-;/m0./s1. The van der Waals surface area contributed by atoms with Gasteiger partial charge in [0.1, 0.15) is 0 Å². The van der Waals surface area contributed by atoms with Crippen LogP contribution in [-0.2, 0) is 16.1 Å². The van der Waals surface area contributed by atoms with E-state index in [4.69, 9.17) is 0 Å². The van der Waals surface area contributed by atoms with E-state index in [1.807, 2.05) is 4.90 Å². The van der Waals surface area contributed by atoms with Crippen molar-refractivity contribution in [3.63, 3.8) is 0 Å². The van der Waals surface area contributed by atoms with E-state index >= 15 is 0 Å². The van der Waals surface area contributed by atoms with Gasteiger partial charge in [-0.05, 0) is 49.9 Å². The number of benzene rings is 1. The molecule has 0 saturated carbocycles. The van der Waals surface area contributed by atoms with Crippen molar-refractivity contribution in [2.45, 2.75) is 44.7 Å². The Bertz CT molecular complexity index is 747. The minimum atomic E-state index is -0.888. The maximum atomic E-state index is 13.4. The highest BCUT2D eigenvalue weighted by Gasteiger charge is 2.45. The van der Waals surface area contributed by atoms with Gasteiger partial charge in [-0.15, -0.1) is 12.4 Å². The number of hydrogen-bond acceptors (Lipinski definition) is 3. The number of hydrogen-bond donors (Lipinski definition) is 1. The second kappa shape index (κ2) is 8.33. The number of nitrogens with zero attached hydrogens (tertiary/aromatic N) is 2. The summed E-state index contributed by atoms with van der Waals surface area (Å²) >= 11 is 0. The molecule has 1 aromatic carbocycles. The van der Waals surface area contributed by atoms with Gasteiger partial charge in [0.15, 0.2) is 11.6 Å². The monoisotopic (exact) mass is 413 g/mol. The lowest BCUT2D eigenvalue weighted by Crippen LogP contribution is -2.49. The molecule has 3 fully saturated rings. The normalized spacial score (nSPS) is 23.9. The molecule has 28 heavy (non-hydrogen) atoms. The predicted molar refractivity (Wildman–Crippen MR) is 103 cm³/mol. The Kier molecular flexibility index (Phi) is 6.25. The molecule has 1 aromatic rings. The highest BCUT2D eigenvalue weighted by Crippen LogP contribution is 2.41. The number of nitrogens with one attached hydrogen (secondary N) is 1. The number of piperidine rings is 1. The molecule has 0 radical (unpaired) electrons. The number of halogens is 3. The summed E-state index contributed by atoms with van der Waals surface area (Å²) < 4.78 is 26.5. The molecule has 3 aliphatic heterocycles. The van der Waals surface area contributed by atoms with Gasteiger partial charge < -0.3 is 15.1 Å². The largest absolute Gasteiger partial charge is 0.341 e. The zero-order chi connectivity index (χ0) is 19.0. The molecule has 0 aliphatic carbocycles. The minimum absolute atomic E-state index is 0. The van der Waals surface area contributed by atoms with E-state index in [9.17, 15) is 18.4 Å². The van der Waals surface area contributed by atoms with Crippen LogP contribution in [0.25, 0.3) is 0 Å². The van der Waals surface area contributed by atoms with Gasteiger partial charge in [-0.2, -0.15) is 0 Å². The van der Waals surface area contributed by atoms with Crippen LogP contribution in [0.5, 0.6) is 0 Å². The third-order valence-corrected chi connectivity index (χ3v) is 6.26. The zero-order valence-corrected chi connectivity index (χ0v) is 16.6. The van der Waals surface area contributed by atoms with Gasteiger partial charge in [0.25, 0.3) is 0 Å². The first kappa shape index (κ1) is 21.0. The van der Waals surface area contributed by atoms with Crippen LogP contribution >= 0.6 is 12.4 Å². The first-order chi connectivity index (χ1) is 13.0. The lowest BCUT2D eigenvalue weighted by molar-refractivity contribution is -0.135. The molecule has 154 valence electrons. The van der Waals surface area contributed by atoms with Crippen molar-refractivity contribution in [2.24, 2.45) is 5.41 Å². The SMILES string of the molecule is Cl.O=C1CC2(CCN(C(=O)[C@@H]3CCCN3)CC2)CN1Cc1ccc(F)c(F)c1. The van der Waals surface area contributed by atoms with Crippen LogP contribution in [0.2, 0.25) is 0 Å². The van der Waals surface area contributed by atoms with E-state index in [1.54, 1.807) is 4.90 Å². The van der Waals surface area contributed by atoms with Crippen LogP contribution in [0.15, 0.2) is 18.2 Å². The van der Waals surface area contributed by atoms with Crippen LogP contribution < -0.4 is 5.32 Å². The molecule has 8 heteroatoms. The zero-order valence-electron chi connectivity index (χ0n) is 15.8. The smallest absolute Gasteiger partial charge is 0.239 e. The molecule has 4 rings (SSSR count). The average molecular weight is 414 g/mol. The fourth-order valence-corrected chi connectivity index (χ4v) is 4.64. The Morgan fingerprint density at radius 3 is 2.61 bits per heavy atom. The van der Waals surface area contributed by atoms with Gasteiger partial charge in [-0.25, -0.2) is 8.78 Å². The lowest BCUT2D eigenvalue weighted by atomic mass is 9.77. The highest BCUT2D eigenvalue weighted by atomic mass is 35.5. The molecular formula is C20H26ClF2N3O2. The molecule has 2 amide bonds. The van der Waals surface area contributed by atoms with Crippen LogP contribution in [0.3, 0.4) is 0 Å². The van der Waals surface area contributed by atoms with Crippen molar-refractivity contribution in [2.75, 3.05) is 26.2 Å². The van der Waals surface area contributed by atoms with Crippen LogP contribution in [0.1, 0.15) is 37.7 Å². The number of carbonyl (C=O) groups excluding carboxylic acids is 2. The first-order valence-electron chi connectivity index (χ1n) is 9.70. The Morgan fingerprint density at radius 2 is 1.96 bits per heavy atom. The number of amides is 2. The first-order valence-corrected chi connectivity index (χ1v) is 9.70. The van der Waals surface area contributed by atoms with Gasteiger partial charge in [-0.3, -0.25) is 9.59 Å². The molecule has 1 N–H and O–H groups in total. The van der Waals surface area contributed by atoms with Gasteiger partial charge in [0, 0.05) is 38.0 Å². The summed E-state index contributed by atoms with van der Waals surface area (Å²) in [5.74, 6) is -1.53. The predicted octanol–water partition coefficient (Wildman–Crippen LogP) is 2.48. The summed E-state index contributed by atoms with van der Waals surface area (Å²) in [4.78, 5) is 28.7. The molecule has 3 heterocycles. The van der Waals surface area contributed by atoms with E-state index in [1.165, 1.54) is 6.07 Å². The van der Waals surface area contributed by atoms with E-state index in [2.05, 4.69) is 5.32 Å². The third-order valence-electron chi connectivity index (χ3n) is 6.26. The summed E-state index contributed by atoms with van der Waals surface area (Å²) in [5.41, 5.74) is 0.495. The van der Waals surface area contributed by atoms with Gasteiger partial charge in [-0.1, -0.05) is 6.07 Å². The lowest BCUT2D eigenvalue weighted by Gasteiger charge is -2.39. The fraction of sp³-hybridized carbons (Fsp3) is 0.600. The van der Waals surface area contributed by atoms with Crippen molar-refractivity contribution >= 4 is 24.2 Å². The Morgan fingerprint density at radius 1 is 1.21 bits per heavy atom. The molecule has 3 aliphatic rings. The van der Waals surface area contributed by atoms with Gasteiger partial charge in [0.2, 0.25) is 11.8 Å². The molecule has 1 spiro atoms. The topological polar surface area (TPSA) is 52.7 Å². The van der Waals surface area contributed by atoms with Crippen molar-refractivity contribution in [1.82, 2.24) is 15.1 Å². The van der Waals surface area contributed by atoms with Gasteiger partial charge >= 0.3 is 0 Å². The molecule has 0 bridgehead atoms. The van der Waals surface area contributed by atoms with E-state index in [-0.39, 0.29) is 35.7 Å². The van der Waals surface area contributed by atoms with Crippen LogP contribution in [-0.4, -0.2) is 53.8 Å². The van der Waals surface area contributed by atoms with E-state index < -0.39 is 11.6 Å². The molecular weight excluding hydrogens is 388 g/mol. The Labute approximate surface area is 169 Å². The van der Waals surface area contributed by atoms with Crippen LogP contribution in [0.4, 0.5) is 8.78 Å². The second-order valence-corrected chi connectivity index (χ2v) is 8.15. The summed E-state index contributed by atoms with van der Waals surface area (Å²) in [5, 5.41) is 3.25. The number of likely N-dealkylation sites (tertiary alicyclic amines) is 2. The van der Waals surface area contributed by atoms with Crippen molar-refractivity contribution < 1.29 is 18.4 Å². The molecule has 3 saturated heterocycles. The second-order valence-electron chi connectivity index (χ2n) is 8.15. The Balaban J connectivity index is 0.00000225. The maximum absolute atomic E-state index is 13.4. The summed E-state index contributed by atoms with van der Waals surface area (Å²) in [6.45, 7) is 3.19. The summed E-state index contributed by atoms with van der Waals surface area (Å²) in [6, 6.07) is 3.73. The van der Waals surface area contributed by atoms with Crippen LogP contribution in [0, 0.1) is 17.0 Å². The quantitative estimate of drug-likeness (QED) is 0.828. The number of rotatable bonds is 3.